The SMILES string of the molecule is C.C.C.C.C.C.C.C.C.C.C.C.Cc1ccc(-c2ccc(N(C)c3ccc(C)cc3)cc2)cc1.Cc1ccc(-c2ccc(N(C)c3cccc(C)c3)cc2)cc1.Cc1ccc(-c2ccc(N(C)c3ccccc3)cc2)cc1.Cc1ccc(N(C)c2ccc(C)cc2C)cc1.Cc1ccc(N(c2ccccc2)c2ccc(N(C)c3ccccc3)cc2)cc1.Cc1cccc(N(C)c2ccccc2)c1. The highest BCUT2D eigenvalue weighted by molar-refractivity contribution is 5.80. The number of aryl methyl sites for hydroxylation is 10. The Morgan fingerprint density at radius 3 is 0.533 bits per heavy atom. The number of hydrogen-bond acceptors (Lipinski definition) is 7. The molecule has 0 amide bonds. The first-order valence-corrected chi connectivity index (χ1v) is 43.0. The van der Waals surface area contributed by atoms with Gasteiger partial charge in [-0.1, -0.05) is 383 Å². The molecule has 0 unspecified atom stereocenters. The van der Waals surface area contributed by atoms with E-state index in [2.05, 4.69) is 558 Å². The zero-order valence-corrected chi connectivity index (χ0v) is 75.6. The maximum absolute atomic E-state index is 2.28. The predicted molar refractivity (Wildman–Crippen MR) is 625 cm³/mol. The van der Waals surface area contributed by atoms with Gasteiger partial charge in [0.1, 0.15) is 0 Å². The minimum absolute atomic E-state index is 0. The predicted octanol–water partition coefficient (Wildman–Crippen LogP) is 39.9. The lowest BCUT2D eigenvalue weighted by Crippen LogP contribution is -2.11. The number of para-hydroxylation sites is 4. The standard InChI is InChI=1S/C26H24N2.2C21H21N.C20H19N.C16H19N.C14H15N.12CH4/c1-21-13-15-25(16-14-21)28(24-11-7-4-8-12-24)26-19-17-23(18-20-26)27(2)22-9-5-3-6-10-22;1-16-4-8-18(9-5-16)19-10-14-21(15-11-19)22(3)20-12-6-17(2)7-13-20;1-16-7-9-18(10-8-16)19-11-13-20(14-12-19)22(3)21-6-4-5-17(2)15-21;1-16-8-10-17(11-9-16)18-12-14-20(15-13-18)21(2)19-6-4-3-5-7-19;1-12-5-8-15(9-6-12)17(4)16-10-7-13(2)11-14(16)3;1-12-7-6-10-14(11-12)15(2)13-8-4-3-5-9-13;;;;;;;;;;;;/h3-20H,1-2H3;2*4-15H,1-3H3;3-15H,1-2H3;5-11H,1-4H3;3-11H,1-2H3;12*1H4. The van der Waals surface area contributed by atoms with E-state index in [9.17, 15) is 0 Å². The Labute approximate surface area is 834 Å². The molecule has 0 saturated heterocycles. The summed E-state index contributed by atoms with van der Waals surface area (Å²) in [5.74, 6) is 0. The van der Waals surface area contributed by atoms with Crippen LogP contribution in [0.15, 0.2) is 431 Å². The van der Waals surface area contributed by atoms with Crippen LogP contribution in [-0.2, 0) is 0 Å². The third kappa shape index (κ3) is 35.0. The average molecular weight is 1830 g/mol. The molecule has 0 N–H and O–H groups in total. The van der Waals surface area contributed by atoms with Crippen molar-refractivity contribution in [3.05, 3.63) is 486 Å². The third-order valence-corrected chi connectivity index (χ3v) is 22.5. The molecule has 137 heavy (non-hydrogen) atoms. The monoisotopic (exact) mass is 1830 g/mol. The van der Waals surface area contributed by atoms with Crippen molar-refractivity contribution in [1.29, 1.82) is 0 Å². The second kappa shape index (κ2) is 60.6. The van der Waals surface area contributed by atoms with Crippen molar-refractivity contribution in [2.45, 2.75) is 158 Å². The number of rotatable bonds is 18. The van der Waals surface area contributed by atoms with Crippen LogP contribution in [0.25, 0.3) is 33.4 Å². The van der Waals surface area contributed by atoms with E-state index in [0.29, 0.717) is 0 Å². The van der Waals surface area contributed by atoms with Crippen LogP contribution >= 0.6 is 0 Å². The lowest BCUT2D eigenvalue weighted by molar-refractivity contribution is 1.17. The molecule has 0 radical (unpaired) electrons. The molecule has 0 saturated carbocycles. The van der Waals surface area contributed by atoms with Gasteiger partial charge in [0.2, 0.25) is 0 Å². The summed E-state index contributed by atoms with van der Waals surface area (Å²) in [4.78, 5) is 15.5. The minimum atomic E-state index is 0. The van der Waals surface area contributed by atoms with Crippen LogP contribution in [0.3, 0.4) is 0 Å². The molecule has 0 aliphatic carbocycles. The Morgan fingerprint density at radius 1 is 0.124 bits per heavy atom. The summed E-state index contributed by atoms with van der Waals surface area (Å²) >= 11 is 0. The van der Waals surface area contributed by atoms with Gasteiger partial charge >= 0.3 is 0 Å². The molecule has 17 aromatic rings. The molecule has 7 heteroatoms. The van der Waals surface area contributed by atoms with Crippen molar-refractivity contribution in [2.24, 2.45) is 0 Å². The Kier molecular flexibility index (Phi) is 54.1. The Hall–Kier alpha value is -14.7. The summed E-state index contributed by atoms with van der Waals surface area (Å²) in [6, 6.07) is 152. The summed E-state index contributed by atoms with van der Waals surface area (Å²) in [5, 5.41) is 0. The average Bonchev–Trinajstić information content (AvgIpc) is 0.802. The van der Waals surface area contributed by atoms with E-state index in [1.807, 2.05) is 18.2 Å². The molecule has 0 spiro atoms. The number of benzene rings is 17. The summed E-state index contributed by atoms with van der Waals surface area (Å²) in [5.41, 5.74) is 38.3. The molecular formula is C130H167N7. The fourth-order valence-corrected chi connectivity index (χ4v) is 14.6. The molecule has 0 heterocycles. The maximum atomic E-state index is 2.28. The van der Waals surface area contributed by atoms with Crippen LogP contribution in [0, 0.1) is 69.2 Å². The third-order valence-electron chi connectivity index (χ3n) is 22.5. The van der Waals surface area contributed by atoms with Crippen LogP contribution in [0.2, 0.25) is 0 Å². The van der Waals surface area contributed by atoms with Gasteiger partial charge in [-0.15, -0.1) is 0 Å². The van der Waals surface area contributed by atoms with E-state index in [0.717, 1.165) is 22.7 Å². The van der Waals surface area contributed by atoms with Gasteiger partial charge in [0.05, 0.1) is 0 Å². The van der Waals surface area contributed by atoms with Gasteiger partial charge in [0, 0.05) is 128 Å². The van der Waals surface area contributed by atoms with E-state index >= 15 is 0 Å². The fourth-order valence-electron chi connectivity index (χ4n) is 14.6. The molecule has 0 aliphatic rings. The quantitative estimate of drug-likeness (QED) is 0.0843. The van der Waals surface area contributed by atoms with E-state index in [4.69, 9.17) is 0 Å². The van der Waals surface area contributed by atoms with Crippen LogP contribution < -0.4 is 34.3 Å². The van der Waals surface area contributed by atoms with E-state index in [1.54, 1.807) is 0 Å². The van der Waals surface area contributed by atoms with Gasteiger partial charge in [-0.25, -0.2) is 0 Å². The molecule has 0 fully saturated rings. The second-order valence-corrected chi connectivity index (χ2v) is 32.3. The Bertz CT molecular complexity index is 6090. The molecule has 17 rings (SSSR count). The summed E-state index contributed by atoms with van der Waals surface area (Å²) in [7, 11) is 12.6. The molecule has 722 valence electrons. The van der Waals surface area contributed by atoms with Crippen molar-refractivity contribution in [1.82, 2.24) is 0 Å². The fraction of sp³-hybridized carbons (Fsp3) is 0.215. The zero-order valence-electron chi connectivity index (χ0n) is 75.6. The lowest BCUT2D eigenvalue weighted by atomic mass is 10.0. The highest BCUT2D eigenvalue weighted by Gasteiger charge is 2.16. The Balaban J connectivity index is 0.00000161. The van der Waals surface area contributed by atoms with E-state index in [1.165, 1.54) is 152 Å². The Morgan fingerprint density at radius 2 is 0.285 bits per heavy atom. The van der Waals surface area contributed by atoms with Crippen LogP contribution in [0.1, 0.15) is 145 Å². The first-order valence-electron chi connectivity index (χ1n) is 43.0. The lowest BCUT2D eigenvalue weighted by Gasteiger charge is -2.26. The molecule has 17 aromatic carbocycles. The normalized spacial score (nSPS) is 9.49. The first-order chi connectivity index (χ1) is 60.6. The van der Waals surface area contributed by atoms with Gasteiger partial charge in [-0.3, -0.25) is 0 Å². The van der Waals surface area contributed by atoms with E-state index in [-0.39, 0.29) is 89.1 Å². The first kappa shape index (κ1) is 122. The van der Waals surface area contributed by atoms with Gasteiger partial charge in [-0.2, -0.15) is 0 Å². The van der Waals surface area contributed by atoms with Gasteiger partial charge in [-0.05, 0) is 295 Å². The van der Waals surface area contributed by atoms with Crippen LogP contribution in [-0.4, -0.2) is 42.3 Å². The topological polar surface area (TPSA) is 22.7 Å². The zero-order chi connectivity index (χ0) is 88.1. The van der Waals surface area contributed by atoms with Crippen molar-refractivity contribution < 1.29 is 0 Å². The highest BCUT2D eigenvalue weighted by Crippen LogP contribution is 2.38. The van der Waals surface area contributed by atoms with Crippen molar-refractivity contribution >= 4 is 85.3 Å². The van der Waals surface area contributed by atoms with Crippen molar-refractivity contribution in [3.63, 3.8) is 0 Å². The van der Waals surface area contributed by atoms with E-state index < -0.39 is 0 Å². The second-order valence-electron chi connectivity index (χ2n) is 32.3. The van der Waals surface area contributed by atoms with Crippen molar-refractivity contribution in [3.8, 4) is 33.4 Å². The molecule has 0 aromatic heterocycles. The van der Waals surface area contributed by atoms with Crippen molar-refractivity contribution in [2.75, 3.05) is 76.6 Å². The molecule has 0 atom stereocenters. The number of hydrogen-bond donors (Lipinski definition) is 0. The maximum Gasteiger partial charge on any atom is 0.0463 e. The molecule has 0 aliphatic heterocycles. The summed E-state index contributed by atoms with van der Waals surface area (Å²) in [6.45, 7) is 21.2. The van der Waals surface area contributed by atoms with Crippen LogP contribution in [0.4, 0.5) is 85.3 Å². The highest BCUT2D eigenvalue weighted by atomic mass is 15.2. The van der Waals surface area contributed by atoms with Gasteiger partial charge < -0.3 is 34.3 Å². The smallest absolute Gasteiger partial charge is 0.0463 e. The molecule has 7 nitrogen and oxygen atoms in total. The molecule has 0 bridgehead atoms. The number of anilines is 15. The number of nitrogens with zero attached hydrogens (tertiary/aromatic N) is 7. The van der Waals surface area contributed by atoms with Gasteiger partial charge in [0.25, 0.3) is 0 Å². The summed E-state index contributed by atoms with van der Waals surface area (Å²) in [6.07, 6.45) is 0. The molecular weight excluding hydrogens is 1660 g/mol. The summed E-state index contributed by atoms with van der Waals surface area (Å²) < 4.78 is 0. The van der Waals surface area contributed by atoms with Gasteiger partial charge in [0.15, 0.2) is 0 Å². The van der Waals surface area contributed by atoms with Crippen LogP contribution in [0.5, 0.6) is 0 Å². The minimum Gasteiger partial charge on any atom is -0.345 e. The largest absolute Gasteiger partial charge is 0.345 e.